The first kappa shape index (κ1) is 12.5. The topological polar surface area (TPSA) is 17.1 Å². The van der Waals surface area contributed by atoms with Gasteiger partial charge in [0.25, 0.3) is 0 Å². The van der Waals surface area contributed by atoms with E-state index in [-0.39, 0.29) is 5.78 Å². The molecule has 1 aromatic rings. The molecule has 0 unspecified atom stereocenters. The highest BCUT2D eigenvalue weighted by atomic mass is 127. The first-order chi connectivity index (χ1) is 6.67. The molecule has 0 bridgehead atoms. The van der Waals surface area contributed by atoms with Crippen molar-refractivity contribution < 1.29 is 4.79 Å². The molecule has 0 radical (unpaired) electrons. The molecule has 0 spiro atoms. The van der Waals surface area contributed by atoms with Gasteiger partial charge in [-0.15, -0.1) is 11.8 Å². The Kier molecular flexibility index (Phi) is 5.48. The SMILES string of the molecule is CSc1cc(CC(=O)CBr)ccc1I. The lowest BCUT2D eigenvalue weighted by Gasteiger charge is -2.04. The Morgan fingerprint density at radius 1 is 1.57 bits per heavy atom. The maximum absolute atomic E-state index is 11.2. The van der Waals surface area contributed by atoms with Crippen LogP contribution in [0.3, 0.4) is 0 Å². The minimum atomic E-state index is 0.221. The number of thioether (sulfide) groups is 1. The van der Waals surface area contributed by atoms with E-state index in [1.807, 2.05) is 12.3 Å². The molecule has 4 heteroatoms. The quantitative estimate of drug-likeness (QED) is 0.449. The molecule has 0 amide bonds. The molecule has 0 aliphatic rings. The maximum Gasteiger partial charge on any atom is 0.147 e. The van der Waals surface area contributed by atoms with E-state index in [0.29, 0.717) is 11.8 Å². The molecule has 1 rings (SSSR count). The first-order valence-corrected chi connectivity index (χ1v) is 7.50. The third-order valence-corrected chi connectivity index (χ3v) is 4.48. The number of alkyl halides is 1. The molecule has 0 aliphatic heterocycles. The lowest BCUT2D eigenvalue weighted by atomic mass is 10.1. The summed E-state index contributed by atoms with van der Waals surface area (Å²) in [5.41, 5.74) is 1.10. The number of rotatable bonds is 4. The van der Waals surface area contributed by atoms with E-state index in [2.05, 4.69) is 50.7 Å². The molecular weight excluding hydrogens is 375 g/mol. The van der Waals surface area contributed by atoms with Gasteiger partial charge in [-0.2, -0.15) is 0 Å². The molecule has 0 atom stereocenters. The normalized spacial score (nSPS) is 10.2. The number of hydrogen-bond donors (Lipinski definition) is 0. The Morgan fingerprint density at radius 3 is 2.86 bits per heavy atom. The number of halogens is 2. The Balaban J connectivity index is 2.84. The summed E-state index contributed by atoms with van der Waals surface area (Å²) in [6, 6.07) is 6.16. The predicted molar refractivity (Wildman–Crippen MR) is 73.4 cm³/mol. The number of carbonyl (C=O) groups excluding carboxylic acids is 1. The van der Waals surface area contributed by atoms with Crippen LogP contribution in [0, 0.1) is 3.57 Å². The van der Waals surface area contributed by atoms with Crippen molar-refractivity contribution in [1.82, 2.24) is 0 Å². The number of Topliss-reactive ketones (excluding diaryl/α,β-unsaturated/α-hetero) is 1. The van der Waals surface area contributed by atoms with Gasteiger partial charge in [0.15, 0.2) is 0 Å². The summed E-state index contributed by atoms with van der Waals surface area (Å²) < 4.78 is 1.24. The lowest BCUT2D eigenvalue weighted by molar-refractivity contribution is -0.115. The number of carbonyl (C=O) groups is 1. The average molecular weight is 385 g/mol. The summed E-state index contributed by atoms with van der Waals surface area (Å²) >= 11 is 7.18. The maximum atomic E-state index is 11.2. The van der Waals surface area contributed by atoms with Gasteiger partial charge in [-0.3, -0.25) is 4.79 Å². The molecule has 0 aliphatic carbocycles. The highest BCUT2D eigenvalue weighted by Crippen LogP contribution is 2.23. The van der Waals surface area contributed by atoms with Crippen LogP contribution in [0.1, 0.15) is 5.56 Å². The predicted octanol–water partition coefficient (Wildman–Crippen LogP) is 3.52. The first-order valence-electron chi connectivity index (χ1n) is 4.07. The van der Waals surface area contributed by atoms with Crippen LogP contribution in [-0.4, -0.2) is 17.4 Å². The number of benzene rings is 1. The summed E-state index contributed by atoms with van der Waals surface area (Å²) in [5.74, 6) is 0.221. The van der Waals surface area contributed by atoms with E-state index in [1.54, 1.807) is 11.8 Å². The van der Waals surface area contributed by atoms with E-state index < -0.39 is 0 Å². The minimum absolute atomic E-state index is 0.221. The fourth-order valence-corrected chi connectivity index (χ4v) is 2.82. The van der Waals surface area contributed by atoms with Gasteiger partial charge >= 0.3 is 0 Å². The lowest BCUT2D eigenvalue weighted by Crippen LogP contribution is -2.03. The minimum Gasteiger partial charge on any atom is -0.298 e. The van der Waals surface area contributed by atoms with Crippen molar-refractivity contribution in [2.75, 3.05) is 11.6 Å². The third kappa shape index (κ3) is 3.55. The highest BCUT2D eigenvalue weighted by molar-refractivity contribution is 14.1. The molecule has 76 valence electrons. The fraction of sp³-hybridized carbons (Fsp3) is 0.300. The fourth-order valence-electron chi connectivity index (χ4n) is 1.09. The summed E-state index contributed by atoms with van der Waals surface area (Å²) in [4.78, 5) is 12.5. The van der Waals surface area contributed by atoms with Crippen LogP contribution in [0.5, 0.6) is 0 Å². The second-order valence-corrected chi connectivity index (χ2v) is 5.39. The van der Waals surface area contributed by atoms with Crippen molar-refractivity contribution in [2.45, 2.75) is 11.3 Å². The largest absolute Gasteiger partial charge is 0.298 e. The zero-order valence-corrected chi connectivity index (χ0v) is 12.3. The van der Waals surface area contributed by atoms with Gasteiger partial charge in [0.05, 0.1) is 5.33 Å². The molecule has 0 saturated heterocycles. The van der Waals surface area contributed by atoms with Gasteiger partial charge in [-0.05, 0) is 46.5 Å². The van der Waals surface area contributed by atoms with Gasteiger partial charge in [0, 0.05) is 14.9 Å². The van der Waals surface area contributed by atoms with Crippen LogP contribution in [0.15, 0.2) is 23.1 Å². The summed E-state index contributed by atoms with van der Waals surface area (Å²) in [7, 11) is 0. The average Bonchev–Trinajstić information content (AvgIpc) is 2.20. The van der Waals surface area contributed by atoms with Gasteiger partial charge in [0.2, 0.25) is 0 Å². The molecule has 1 nitrogen and oxygen atoms in total. The molecule has 0 aromatic heterocycles. The second kappa shape index (κ2) is 6.12. The molecule has 0 saturated carbocycles. The van der Waals surface area contributed by atoms with Gasteiger partial charge in [-0.25, -0.2) is 0 Å². The smallest absolute Gasteiger partial charge is 0.147 e. The van der Waals surface area contributed by atoms with E-state index in [4.69, 9.17) is 0 Å². The molecule has 14 heavy (non-hydrogen) atoms. The molecule has 0 N–H and O–H groups in total. The van der Waals surface area contributed by atoms with Gasteiger partial charge < -0.3 is 0 Å². The Bertz CT molecular complexity index is 341. The van der Waals surface area contributed by atoms with Crippen molar-refractivity contribution in [2.24, 2.45) is 0 Å². The zero-order valence-electron chi connectivity index (χ0n) is 7.72. The summed E-state index contributed by atoms with van der Waals surface area (Å²) in [6.45, 7) is 0. The monoisotopic (exact) mass is 384 g/mol. The van der Waals surface area contributed by atoms with Gasteiger partial charge in [0.1, 0.15) is 5.78 Å². The van der Waals surface area contributed by atoms with Crippen molar-refractivity contribution >= 4 is 56.1 Å². The Hall–Kier alpha value is 0.450. The standard InChI is InChI=1S/C10H10BrIOS/c1-14-10-5-7(2-3-9(10)12)4-8(13)6-11/h2-3,5H,4,6H2,1H3. The van der Waals surface area contributed by atoms with Crippen LogP contribution in [-0.2, 0) is 11.2 Å². The molecule has 0 heterocycles. The van der Waals surface area contributed by atoms with Crippen molar-refractivity contribution in [3.63, 3.8) is 0 Å². The summed E-state index contributed by atoms with van der Waals surface area (Å²) in [6.07, 6.45) is 2.57. The zero-order chi connectivity index (χ0) is 10.6. The molecule has 1 aromatic carbocycles. The molecular formula is C10H10BrIOS. The van der Waals surface area contributed by atoms with Crippen LogP contribution >= 0.6 is 50.3 Å². The number of ketones is 1. The molecule has 0 fully saturated rings. The van der Waals surface area contributed by atoms with Gasteiger partial charge in [-0.1, -0.05) is 22.0 Å². The van der Waals surface area contributed by atoms with Crippen LogP contribution in [0.25, 0.3) is 0 Å². The van der Waals surface area contributed by atoms with Crippen molar-refractivity contribution in [1.29, 1.82) is 0 Å². The van der Waals surface area contributed by atoms with Crippen molar-refractivity contribution in [3.8, 4) is 0 Å². The van der Waals surface area contributed by atoms with E-state index in [9.17, 15) is 4.79 Å². The third-order valence-electron chi connectivity index (χ3n) is 1.77. The van der Waals surface area contributed by atoms with Crippen LogP contribution in [0.2, 0.25) is 0 Å². The van der Waals surface area contributed by atoms with E-state index >= 15 is 0 Å². The summed E-state index contributed by atoms with van der Waals surface area (Å²) in [5, 5.41) is 0.438. The Morgan fingerprint density at radius 2 is 2.29 bits per heavy atom. The second-order valence-electron chi connectivity index (χ2n) is 2.82. The highest BCUT2D eigenvalue weighted by Gasteiger charge is 2.04. The van der Waals surface area contributed by atoms with E-state index in [1.165, 1.54) is 8.47 Å². The number of hydrogen-bond acceptors (Lipinski definition) is 2. The van der Waals surface area contributed by atoms with Crippen molar-refractivity contribution in [3.05, 3.63) is 27.3 Å². The van der Waals surface area contributed by atoms with Crippen LogP contribution in [0.4, 0.5) is 0 Å². The van der Waals surface area contributed by atoms with E-state index in [0.717, 1.165) is 5.56 Å². The Labute approximate surface area is 110 Å². The van der Waals surface area contributed by atoms with Crippen LogP contribution < -0.4 is 0 Å².